The van der Waals surface area contributed by atoms with Crippen LogP contribution in [0.2, 0.25) is 0 Å². The average Bonchev–Trinajstić information content (AvgIpc) is 2.29. The number of halogens is 1. The van der Waals surface area contributed by atoms with Gasteiger partial charge in [-0.1, -0.05) is 12.1 Å². The highest BCUT2D eigenvalue weighted by atomic mass is 79.9. The number of thioether (sulfide) groups is 1. The van der Waals surface area contributed by atoms with Gasteiger partial charge in [0.2, 0.25) is 10.0 Å². The van der Waals surface area contributed by atoms with Crippen molar-refractivity contribution in [1.82, 2.24) is 4.31 Å². The summed E-state index contributed by atoms with van der Waals surface area (Å²) in [4.78, 5) is 0.360. The van der Waals surface area contributed by atoms with Crippen LogP contribution >= 0.6 is 27.7 Å². The second-order valence-corrected chi connectivity index (χ2v) is 7.83. The number of benzene rings is 1. The number of rotatable bonds is 2. The van der Waals surface area contributed by atoms with E-state index in [1.807, 2.05) is 13.0 Å². The van der Waals surface area contributed by atoms with E-state index in [-0.39, 0.29) is 6.04 Å². The van der Waals surface area contributed by atoms with Gasteiger partial charge in [0.15, 0.2) is 0 Å². The van der Waals surface area contributed by atoms with Crippen molar-refractivity contribution in [3.63, 3.8) is 0 Å². The molecule has 2 rings (SSSR count). The second kappa shape index (κ2) is 5.30. The normalized spacial score (nSPS) is 22.6. The van der Waals surface area contributed by atoms with Crippen molar-refractivity contribution in [3.05, 3.63) is 28.7 Å². The predicted molar refractivity (Wildman–Crippen MR) is 74.8 cm³/mol. The van der Waals surface area contributed by atoms with Gasteiger partial charge in [-0.15, -0.1) is 0 Å². The summed E-state index contributed by atoms with van der Waals surface area (Å²) in [5, 5.41) is 0. The molecule has 1 aromatic rings. The standard InChI is InChI=1S/C11H14BrNO2S2/c1-9-8-16-7-6-13(9)17(14,15)11-5-3-2-4-10(11)12/h2-5,9H,6-8H2,1H3. The largest absolute Gasteiger partial charge is 0.244 e. The zero-order chi connectivity index (χ0) is 12.5. The lowest BCUT2D eigenvalue weighted by atomic mass is 10.4. The fourth-order valence-electron chi connectivity index (χ4n) is 1.85. The van der Waals surface area contributed by atoms with Gasteiger partial charge >= 0.3 is 0 Å². The molecule has 0 N–H and O–H groups in total. The summed E-state index contributed by atoms with van der Waals surface area (Å²) in [5.74, 6) is 1.73. The number of hydrogen-bond donors (Lipinski definition) is 0. The van der Waals surface area contributed by atoms with E-state index >= 15 is 0 Å². The molecule has 1 unspecified atom stereocenters. The Morgan fingerprint density at radius 1 is 1.41 bits per heavy atom. The first kappa shape index (κ1) is 13.4. The maximum atomic E-state index is 12.5. The van der Waals surface area contributed by atoms with Crippen molar-refractivity contribution in [2.75, 3.05) is 18.1 Å². The molecule has 1 heterocycles. The first-order chi connectivity index (χ1) is 8.03. The Morgan fingerprint density at radius 2 is 2.12 bits per heavy atom. The van der Waals surface area contributed by atoms with E-state index in [0.717, 1.165) is 11.5 Å². The molecule has 1 fully saturated rings. The minimum absolute atomic E-state index is 0.0610. The van der Waals surface area contributed by atoms with Crippen molar-refractivity contribution in [2.24, 2.45) is 0 Å². The molecule has 1 atom stereocenters. The van der Waals surface area contributed by atoms with E-state index in [1.165, 1.54) is 0 Å². The molecule has 17 heavy (non-hydrogen) atoms. The molecule has 0 bridgehead atoms. The van der Waals surface area contributed by atoms with Crippen LogP contribution in [-0.2, 0) is 10.0 Å². The monoisotopic (exact) mass is 335 g/mol. The van der Waals surface area contributed by atoms with Crippen molar-refractivity contribution in [2.45, 2.75) is 17.9 Å². The molecule has 3 nitrogen and oxygen atoms in total. The Morgan fingerprint density at radius 3 is 2.76 bits per heavy atom. The van der Waals surface area contributed by atoms with Gasteiger partial charge in [0.1, 0.15) is 0 Å². The molecule has 0 aromatic heterocycles. The van der Waals surface area contributed by atoms with E-state index in [4.69, 9.17) is 0 Å². The van der Waals surface area contributed by atoms with Crippen LogP contribution in [0.25, 0.3) is 0 Å². The molecule has 1 saturated heterocycles. The Labute approximate surface area is 115 Å². The second-order valence-electron chi connectivity index (χ2n) is 3.97. The van der Waals surface area contributed by atoms with Crippen LogP contribution in [-0.4, -0.2) is 36.8 Å². The lowest BCUT2D eigenvalue weighted by molar-refractivity contribution is 0.367. The highest BCUT2D eigenvalue weighted by Gasteiger charge is 2.32. The molecule has 0 spiro atoms. The lowest BCUT2D eigenvalue weighted by Crippen LogP contribution is -2.44. The number of hydrogen-bond acceptors (Lipinski definition) is 3. The van der Waals surface area contributed by atoms with Crippen molar-refractivity contribution in [3.8, 4) is 0 Å². The SMILES string of the molecule is CC1CSCCN1S(=O)(=O)c1ccccc1Br. The third-order valence-electron chi connectivity index (χ3n) is 2.73. The number of sulfonamides is 1. The first-order valence-corrected chi connectivity index (χ1v) is 8.76. The van der Waals surface area contributed by atoms with Crippen molar-refractivity contribution < 1.29 is 8.42 Å². The Kier molecular flexibility index (Phi) is 4.18. The van der Waals surface area contributed by atoms with Gasteiger partial charge < -0.3 is 0 Å². The van der Waals surface area contributed by atoms with Crippen LogP contribution in [0.15, 0.2) is 33.6 Å². The zero-order valence-corrected chi connectivity index (χ0v) is 12.7. The number of nitrogens with zero attached hydrogens (tertiary/aromatic N) is 1. The average molecular weight is 336 g/mol. The maximum absolute atomic E-state index is 12.5. The van der Waals surface area contributed by atoms with Gasteiger partial charge in [-0.25, -0.2) is 8.42 Å². The van der Waals surface area contributed by atoms with Gasteiger partial charge in [-0.3, -0.25) is 0 Å². The molecule has 6 heteroatoms. The summed E-state index contributed by atoms with van der Waals surface area (Å²) < 4.78 is 27.2. The van der Waals surface area contributed by atoms with E-state index < -0.39 is 10.0 Å². The van der Waals surface area contributed by atoms with Crippen LogP contribution in [0, 0.1) is 0 Å². The summed E-state index contributed by atoms with van der Waals surface area (Å²) in [6, 6.07) is 7.04. The van der Waals surface area contributed by atoms with E-state index in [0.29, 0.717) is 15.9 Å². The highest BCUT2D eigenvalue weighted by Crippen LogP contribution is 2.28. The third-order valence-corrected chi connectivity index (χ3v) is 6.95. The molecule has 0 aliphatic carbocycles. The van der Waals surface area contributed by atoms with Crippen LogP contribution in [0.1, 0.15) is 6.92 Å². The molecule has 0 amide bonds. The van der Waals surface area contributed by atoms with Crippen LogP contribution in [0.4, 0.5) is 0 Å². The van der Waals surface area contributed by atoms with Gasteiger partial charge in [0, 0.05) is 28.6 Å². The predicted octanol–water partition coefficient (Wildman–Crippen LogP) is 2.58. The van der Waals surface area contributed by atoms with Crippen molar-refractivity contribution in [1.29, 1.82) is 0 Å². The zero-order valence-electron chi connectivity index (χ0n) is 9.47. The van der Waals surface area contributed by atoms with Gasteiger partial charge in [-0.05, 0) is 35.0 Å². The summed E-state index contributed by atoms with van der Waals surface area (Å²) >= 11 is 5.11. The molecular weight excluding hydrogens is 322 g/mol. The molecule has 1 aliphatic rings. The lowest BCUT2D eigenvalue weighted by Gasteiger charge is -2.32. The minimum Gasteiger partial charge on any atom is -0.207 e. The summed E-state index contributed by atoms with van der Waals surface area (Å²) in [6.45, 7) is 2.55. The quantitative estimate of drug-likeness (QED) is 0.833. The van der Waals surface area contributed by atoms with E-state index in [1.54, 1.807) is 34.3 Å². The minimum atomic E-state index is -3.37. The molecule has 1 aliphatic heterocycles. The summed E-state index contributed by atoms with van der Waals surface area (Å²) in [6.07, 6.45) is 0. The summed E-state index contributed by atoms with van der Waals surface area (Å²) in [5.41, 5.74) is 0. The third kappa shape index (κ3) is 2.70. The first-order valence-electron chi connectivity index (χ1n) is 5.37. The van der Waals surface area contributed by atoms with Gasteiger partial charge in [-0.2, -0.15) is 16.1 Å². The van der Waals surface area contributed by atoms with Crippen LogP contribution in [0.3, 0.4) is 0 Å². The highest BCUT2D eigenvalue weighted by molar-refractivity contribution is 9.10. The van der Waals surface area contributed by atoms with E-state index in [9.17, 15) is 8.42 Å². The van der Waals surface area contributed by atoms with Crippen LogP contribution in [0.5, 0.6) is 0 Å². The Balaban J connectivity index is 2.39. The fraction of sp³-hybridized carbons (Fsp3) is 0.455. The molecular formula is C11H14BrNO2S2. The Bertz CT molecular complexity index is 504. The van der Waals surface area contributed by atoms with E-state index in [2.05, 4.69) is 15.9 Å². The summed E-state index contributed by atoms with van der Waals surface area (Å²) in [7, 11) is -3.37. The van der Waals surface area contributed by atoms with Gasteiger partial charge in [0.25, 0.3) is 0 Å². The van der Waals surface area contributed by atoms with Crippen LogP contribution < -0.4 is 0 Å². The molecule has 0 radical (unpaired) electrons. The molecule has 94 valence electrons. The Hall–Kier alpha value is -0.0400. The maximum Gasteiger partial charge on any atom is 0.244 e. The van der Waals surface area contributed by atoms with Crippen molar-refractivity contribution >= 4 is 37.7 Å². The molecule has 1 aromatic carbocycles. The smallest absolute Gasteiger partial charge is 0.207 e. The fourth-order valence-corrected chi connectivity index (χ4v) is 5.67. The van der Waals surface area contributed by atoms with Gasteiger partial charge in [0.05, 0.1) is 4.90 Å². The molecule has 0 saturated carbocycles. The topological polar surface area (TPSA) is 37.4 Å².